The maximum atomic E-state index is 5.81. The van der Waals surface area contributed by atoms with Crippen LogP contribution in [0.15, 0.2) is 38.0 Å². The molecular formula is C25H46N12. The molecule has 0 spiro atoms. The second kappa shape index (κ2) is 14.9. The fourth-order valence-electron chi connectivity index (χ4n) is 5.61. The van der Waals surface area contributed by atoms with Gasteiger partial charge in [0, 0.05) is 37.8 Å². The van der Waals surface area contributed by atoms with Crippen molar-refractivity contribution in [1.29, 1.82) is 0 Å². The van der Waals surface area contributed by atoms with E-state index in [1.54, 1.807) is 38.0 Å². The van der Waals surface area contributed by atoms with E-state index in [-0.39, 0.29) is 7.43 Å². The predicted octanol–water partition coefficient (Wildman–Crippen LogP) is 1.85. The Morgan fingerprint density at radius 3 is 1.00 bits per heavy atom. The van der Waals surface area contributed by atoms with Gasteiger partial charge in [0.2, 0.25) is 0 Å². The minimum atomic E-state index is 0. The van der Waals surface area contributed by atoms with Gasteiger partial charge in [0.1, 0.15) is 38.0 Å². The molecule has 3 aliphatic rings. The zero-order valence-corrected chi connectivity index (χ0v) is 21.2. The Hall–Kier alpha value is -2.70. The van der Waals surface area contributed by atoms with Crippen molar-refractivity contribution in [3.63, 3.8) is 0 Å². The lowest BCUT2D eigenvalue weighted by molar-refractivity contribution is 0.423. The molecule has 3 aliphatic carbocycles. The summed E-state index contributed by atoms with van der Waals surface area (Å²) < 4.78 is 5.67. The summed E-state index contributed by atoms with van der Waals surface area (Å²) in [7, 11) is 0. The first-order chi connectivity index (χ1) is 17.5. The number of rotatable bonds is 6. The molecule has 3 heterocycles. The highest BCUT2D eigenvalue weighted by Gasteiger charge is 2.23. The second-order valence-corrected chi connectivity index (χ2v) is 10.7. The first kappa shape index (κ1) is 28.9. The van der Waals surface area contributed by atoms with Crippen LogP contribution in [0.25, 0.3) is 0 Å². The van der Waals surface area contributed by atoms with E-state index in [0.717, 1.165) is 38.9 Å². The third-order valence-electron chi connectivity index (χ3n) is 7.48. The molecule has 6 N–H and O–H groups in total. The van der Waals surface area contributed by atoms with Gasteiger partial charge < -0.3 is 17.2 Å². The average Bonchev–Trinajstić information content (AvgIpc) is 3.66. The third-order valence-corrected chi connectivity index (χ3v) is 7.48. The van der Waals surface area contributed by atoms with E-state index in [4.69, 9.17) is 17.2 Å². The van der Waals surface area contributed by atoms with Gasteiger partial charge in [-0.15, -0.1) is 0 Å². The molecular weight excluding hydrogens is 468 g/mol. The van der Waals surface area contributed by atoms with Crippen LogP contribution in [0, 0.1) is 17.8 Å². The molecule has 0 saturated heterocycles. The Morgan fingerprint density at radius 2 is 0.811 bits per heavy atom. The Balaban J connectivity index is 0.000000152. The van der Waals surface area contributed by atoms with Gasteiger partial charge in [-0.05, 0) is 75.5 Å². The van der Waals surface area contributed by atoms with E-state index in [1.165, 1.54) is 38.5 Å². The van der Waals surface area contributed by atoms with E-state index < -0.39 is 0 Å². The lowest BCUT2D eigenvalue weighted by Gasteiger charge is -2.07. The van der Waals surface area contributed by atoms with E-state index in [0.29, 0.717) is 35.9 Å². The molecule has 3 fully saturated rings. The van der Waals surface area contributed by atoms with E-state index in [9.17, 15) is 0 Å². The zero-order chi connectivity index (χ0) is 25.2. The lowest BCUT2D eigenvalue weighted by atomic mass is 10.1. The van der Waals surface area contributed by atoms with Crippen LogP contribution in [0.3, 0.4) is 0 Å². The molecule has 0 aromatic carbocycles. The van der Waals surface area contributed by atoms with Crippen LogP contribution >= 0.6 is 0 Å². The van der Waals surface area contributed by atoms with Crippen LogP contribution in [-0.4, -0.2) is 62.4 Å². The SMILES string of the molecule is C.NC1CCC(Cn2cncn2)C1.N[C@@H]1CC[C@H](Cn2cncn2)C1.N[C@H]1CC[C@@H](Cn2cncn2)C1. The number of aromatic nitrogens is 9. The first-order valence-corrected chi connectivity index (χ1v) is 13.3. The van der Waals surface area contributed by atoms with Crippen LogP contribution in [0.1, 0.15) is 65.2 Å². The van der Waals surface area contributed by atoms with Crippen molar-refractivity contribution >= 4 is 0 Å². The minimum absolute atomic E-state index is 0. The van der Waals surface area contributed by atoms with E-state index in [2.05, 4.69) is 30.2 Å². The van der Waals surface area contributed by atoms with Crippen molar-refractivity contribution in [2.45, 2.75) is 103 Å². The Morgan fingerprint density at radius 1 is 0.514 bits per heavy atom. The fraction of sp³-hybridized carbons (Fsp3) is 0.760. The van der Waals surface area contributed by atoms with Crippen LogP contribution in [0.4, 0.5) is 0 Å². The number of hydrogen-bond donors (Lipinski definition) is 3. The third kappa shape index (κ3) is 9.94. The molecule has 37 heavy (non-hydrogen) atoms. The molecule has 0 bridgehead atoms. The van der Waals surface area contributed by atoms with Crippen molar-refractivity contribution in [2.24, 2.45) is 35.0 Å². The molecule has 0 radical (unpaired) electrons. The molecule has 12 nitrogen and oxygen atoms in total. The highest BCUT2D eigenvalue weighted by atomic mass is 15.3. The topological polar surface area (TPSA) is 170 Å². The molecule has 6 atom stereocenters. The molecule has 6 rings (SSSR count). The largest absolute Gasteiger partial charge is 0.328 e. The fourth-order valence-corrected chi connectivity index (χ4v) is 5.61. The van der Waals surface area contributed by atoms with E-state index >= 15 is 0 Å². The molecule has 12 heteroatoms. The summed E-state index contributed by atoms with van der Waals surface area (Å²) in [5.41, 5.74) is 17.4. The van der Waals surface area contributed by atoms with Gasteiger partial charge in [0.25, 0.3) is 0 Å². The standard InChI is InChI=1S/3C8H14N4.CH4/c3*9-8-2-1-7(3-8)4-12-6-10-5-11-12;/h3*5-8H,1-4,9H2;1H4/t2*7-,8+;;/m10../s1. The van der Waals surface area contributed by atoms with Gasteiger partial charge in [0.15, 0.2) is 0 Å². The van der Waals surface area contributed by atoms with Crippen molar-refractivity contribution in [2.75, 3.05) is 0 Å². The van der Waals surface area contributed by atoms with Crippen LogP contribution in [0.2, 0.25) is 0 Å². The summed E-state index contributed by atoms with van der Waals surface area (Å²) >= 11 is 0. The van der Waals surface area contributed by atoms with Crippen molar-refractivity contribution in [3.8, 4) is 0 Å². The highest BCUT2D eigenvalue weighted by molar-refractivity contribution is 4.79. The molecule has 3 aromatic heterocycles. The molecule has 3 saturated carbocycles. The first-order valence-electron chi connectivity index (χ1n) is 13.3. The van der Waals surface area contributed by atoms with Crippen LogP contribution in [0.5, 0.6) is 0 Å². The molecule has 2 unspecified atom stereocenters. The van der Waals surface area contributed by atoms with Crippen LogP contribution in [-0.2, 0) is 19.6 Å². The maximum Gasteiger partial charge on any atom is 0.137 e. The summed E-state index contributed by atoms with van der Waals surface area (Å²) in [4.78, 5) is 11.7. The van der Waals surface area contributed by atoms with Gasteiger partial charge in [-0.3, -0.25) is 14.0 Å². The molecule has 206 valence electrons. The molecule has 3 aromatic rings. The minimum Gasteiger partial charge on any atom is -0.328 e. The average molecular weight is 515 g/mol. The van der Waals surface area contributed by atoms with Gasteiger partial charge in [0.05, 0.1) is 0 Å². The molecule has 0 amide bonds. The zero-order valence-electron chi connectivity index (χ0n) is 21.2. The predicted molar refractivity (Wildman–Crippen MR) is 143 cm³/mol. The van der Waals surface area contributed by atoms with Crippen molar-refractivity contribution in [1.82, 2.24) is 44.3 Å². The smallest absolute Gasteiger partial charge is 0.137 e. The second-order valence-electron chi connectivity index (χ2n) is 10.7. The number of nitrogens with two attached hydrogens (primary N) is 3. The summed E-state index contributed by atoms with van der Waals surface area (Å²) in [6.45, 7) is 2.94. The molecule has 0 aliphatic heterocycles. The highest BCUT2D eigenvalue weighted by Crippen LogP contribution is 2.26. The summed E-state index contributed by atoms with van der Waals surface area (Å²) in [5, 5.41) is 12.2. The Bertz CT molecular complexity index is 818. The Labute approximate surface area is 220 Å². The van der Waals surface area contributed by atoms with Gasteiger partial charge in [-0.1, -0.05) is 7.43 Å². The summed E-state index contributed by atoms with van der Waals surface area (Å²) in [6, 6.07) is 1.25. The van der Waals surface area contributed by atoms with Crippen LogP contribution < -0.4 is 17.2 Å². The maximum absolute atomic E-state index is 5.81. The van der Waals surface area contributed by atoms with Gasteiger partial charge in [-0.25, -0.2) is 15.0 Å². The van der Waals surface area contributed by atoms with Gasteiger partial charge >= 0.3 is 0 Å². The lowest BCUT2D eigenvalue weighted by Crippen LogP contribution is -2.16. The monoisotopic (exact) mass is 514 g/mol. The van der Waals surface area contributed by atoms with Crippen molar-refractivity contribution < 1.29 is 0 Å². The Kier molecular flexibility index (Phi) is 11.6. The summed E-state index contributed by atoms with van der Waals surface area (Å²) in [6.07, 6.45) is 20.7. The summed E-state index contributed by atoms with van der Waals surface area (Å²) in [5.74, 6) is 2.13. The number of hydrogen-bond acceptors (Lipinski definition) is 9. The number of nitrogens with zero attached hydrogens (tertiary/aromatic N) is 9. The van der Waals surface area contributed by atoms with Crippen molar-refractivity contribution in [3.05, 3.63) is 38.0 Å². The van der Waals surface area contributed by atoms with Gasteiger partial charge in [-0.2, -0.15) is 15.3 Å². The normalized spacial score (nSPS) is 28.6. The quantitative estimate of drug-likeness (QED) is 0.444. The van der Waals surface area contributed by atoms with E-state index in [1.807, 2.05) is 14.0 Å².